The summed E-state index contributed by atoms with van der Waals surface area (Å²) in [6.07, 6.45) is 10.0. The number of hydrogen-bond acceptors (Lipinski definition) is 8. The number of pyridine rings is 1. The topological polar surface area (TPSA) is 78.2 Å². The van der Waals surface area contributed by atoms with Gasteiger partial charge in [0.2, 0.25) is 5.95 Å². The average molecular weight is 592 g/mol. The lowest BCUT2D eigenvalue weighted by Crippen LogP contribution is -2.52. The molecule has 0 aliphatic carbocycles. The molecular formula is C32H43F2N9. The van der Waals surface area contributed by atoms with Crippen molar-refractivity contribution < 1.29 is 8.78 Å². The number of nitrogens with zero attached hydrogens (tertiary/aromatic N) is 8. The lowest BCUT2D eigenvalue weighted by atomic mass is 10.0. The Morgan fingerprint density at radius 1 is 1.02 bits per heavy atom. The molecule has 0 radical (unpaired) electrons. The summed E-state index contributed by atoms with van der Waals surface area (Å²) in [4.78, 5) is 25.0. The van der Waals surface area contributed by atoms with Crippen LogP contribution >= 0.6 is 0 Å². The Labute approximate surface area is 253 Å². The number of anilines is 2. The quantitative estimate of drug-likeness (QED) is 0.329. The summed E-state index contributed by atoms with van der Waals surface area (Å²) in [5.74, 6) is 0.420. The third kappa shape index (κ3) is 7.90. The van der Waals surface area contributed by atoms with Crippen LogP contribution in [0.3, 0.4) is 0 Å². The van der Waals surface area contributed by atoms with Crippen LogP contribution < -0.4 is 5.32 Å². The zero-order chi connectivity index (χ0) is 30.5. The van der Waals surface area contributed by atoms with Gasteiger partial charge in [0.05, 0.1) is 23.9 Å². The second-order valence-corrected chi connectivity index (χ2v) is 11.9. The molecule has 3 aromatic heterocycles. The van der Waals surface area contributed by atoms with Crippen LogP contribution in [0, 0.1) is 12.7 Å². The van der Waals surface area contributed by atoms with Crippen molar-refractivity contribution in [2.45, 2.75) is 59.2 Å². The monoisotopic (exact) mass is 591 g/mol. The van der Waals surface area contributed by atoms with Crippen LogP contribution in [0.4, 0.5) is 20.5 Å². The minimum atomic E-state index is -0.652. The van der Waals surface area contributed by atoms with Crippen molar-refractivity contribution >= 4 is 23.4 Å². The fourth-order valence-corrected chi connectivity index (χ4v) is 6.03. The van der Waals surface area contributed by atoms with Crippen LogP contribution in [0.5, 0.6) is 0 Å². The molecule has 5 rings (SSSR count). The van der Waals surface area contributed by atoms with Crippen LogP contribution in [0.25, 0.3) is 11.6 Å². The van der Waals surface area contributed by atoms with Crippen molar-refractivity contribution in [1.82, 2.24) is 39.2 Å². The van der Waals surface area contributed by atoms with E-state index in [9.17, 15) is 4.39 Å². The van der Waals surface area contributed by atoms with Gasteiger partial charge in [-0.2, -0.15) is 0 Å². The Bertz CT molecular complexity index is 1430. The number of piperidine rings is 1. The SMILES string of the molecule is C/C(F)=C\C(=C/c1cnc(C)n1C(C)C)c1nc(Nc2ccc(CN3CCC(N4CCN(C)CC4)CC3)cn2)ncc1F. The van der Waals surface area contributed by atoms with Crippen molar-refractivity contribution in [3.63, 3.8) is 0 Å². The number of halogens is 2. The Hall–Kier alpha value is -3.54. The van der Waals surface area contributed by atoms with E-state index in [-0.39, 0.29) is 23.3 Å². The highest BCUT2D eigenvalue weighted by molar-refractivity contribution is 5.86. The van der Waals surface area contributed by atoms with Gasteiger partial charge < -0.3 is 14.8 Å². The maximum Gasteiger partial charge on any atom is 0.229 e. The van der Waals surface area contributed by atoms with Crippen molar-refractivity contribution in [2.75, 3.05) is 51.6 Å². The van der Waals surface area contributed by atoms with Crippen molar-refractivity contribution in [3.8, 4) is 0 Å². The summed E-state index contributed by atoms with van der Waals surface area (Å²) >= 11 is 0. The molecule has 1 N–H and O–H groups in total. The van der Waals surface area contributed by atoms with Crippen LogP contribution in [0.15, 0.2) is 42.6 Å². The van der Waals surface area contributed by atoms with E-state index in [1.165, 1.54) is 38.9 Å². The summed E-state index contributed by atoms with van der Waals surface area (Å²) in [6, 6.07) is 4.74. The molecule has 0 atom stereocenters. The lowest BCUT2D eigenvalue weighted by Gasteiger charge is -2.42. The van der Waals surface area contributed by atoms with E-state index in [0.717, 1.165) is 56.0 Å². The standard InChI is InChI=1S/C32H43F2N9/c1-22(2)43-24(4)35-19-28(43)17-26(16-23(3)33)31-29(34)20-37-32(39-31)38-30-7-6-25(18-36-30)21-41-10-8-27(9-11-41)42-14-12-40(5)13-15-42/h6-7,16-20,22,27H,8-15,21H2,1-5H3,(H,36,37,38,39)/b23-16+,26-17+. The van der Waals surface area contributed by atoms with E-state index in [4.69, 9.17) is 0 Å². The molecule has 0 aromatic carbocycles. The molecule has 3 aromatic rings. The molecule has 5 heterocycles. The minimum Gasteiger partial charge on any atom is -0.326 e. The molecule has 2 aliphatic rings. The number of imidazole rings is 1. The molecule has 43 heavy (non-hydrogen) atoms. The highest BCUT2D eigenvalue weighted by atomic mass is 19.1. The Kier molecular flexibility index (Phi) is 9.94. The van der Waals surface area contributed by atoms with Crippen LogP contribution in [0.2, 0.25) is 0 Å². The summed E-state index contributed by atoms with van der Waals surface area (Å²) in [5.41, 5.74) is 2.13. The molecule has 0 bridgehead atoms. The zero-order valence-electron chi connectivity index (χ0n) is 25.9. The van der Waals surface area contributed by atoms with E-state index in [1.54, 1.807) is 12.3 Å². The smallest absolute Gasteiger partial charge is 0.229 e. The number of allylic oxidation sites excluding steroid dienone is 3. The highest BCUT2D eigenvalue weighted by Crippen LogP contribution is 2.26. The van der Waals surface area contributed by atoms with Gasteiger partial charge in [0, 0.05) is 56.6 Å². The Morgan fingerprint density at radius 2 is 1.77 bits per heavy atom. The second kappa shape index (κ2) is 13.8. The van der Waals surface area contributed by atoms with Gasteiger partial charge in [-0.05, 0) is 84.5 Å². The first-order valence-corrected chi connectivity index (χ1v) is 15.2. The van der Waals surface area contributed by atoms with E-state index in [1.807, 2.05) is 43.7 Å². The van der Waals surface area contributed by atoms with Crippen LogP contribution in [-0.2, 0) is 6.54 Å². The second-order valence-electron chi connectivity index (χ2n) is 11.9. The average Bonchev–Trinajstić information content (AvgIpc) is 3.35. The molecule has 0 amide bonds. The summed E-state index contributed by atoms with van der Waals surface area (Å²) in [6.45, 7) is 15.0. The molecule has 9 nitrogen and oxygen atoms in total. The Morgan fingerprint density at radius 3 is 2.42 bits per heavy atom. The summed E-state index contributed by atoms with van der Waals surface area (Å²) in [5, 5.41) is 3.07. The van der Waals surface area contributed by atoms with E-state index in [2.05, 4.69) is 47.0 Å². The zero-order valence-corrected chi connectivity index (χ0v) is 25.9. The molecule has 2 aliphatic heterocycles. The van der Waals surface area contributed by atoms with E-state index >= 15 is 4.39 Å². The largest absolute Gasteiger partial charge is 0.326 e. The van der Waals surface area contributed by atoms with Gasteiger partial charge in [-0.25, -0.2) is 28.7 Å². The number of likely N-dealkylation sites (tertiary alicyclic amines) is 1. The minimum absolute atomic E-state index is 0.0137. The number of aromatic nitrogens is 5. The first-order valence-electron chi connectivity index (χ1n) is 15.2. The third-order valence-corrected chi connectivity index (χ3v) is 8.28. The summed E-state index contributed by atoms with van der Waals surface area (Å²) < 4.78 is 31.1. The van der Waals surface area contributed by atoms with E-state index < -0.39 is 11.6 Å². The number of rotatable bonds is 9. The van der Waals surface area contributed by atoms with Gasteiger partial charge in [0.25, 0.3) is 0 Å². The number of piperazine rings is 1. The van der Waals surface area contributed by atoms with Crippen molar-refractivity contribution in [3.05, 3.63) is 71.2 Å². The van der Waals surface area contributed by atoms with Gasteiger partial charge in [-0.3, -0.25) is 9.80 Å². The molecule has 11 heteroatoms. The number of nitrogens with one attached hydrogen (secondary N) is 1. The highest BCUT2D eigenvalue weighted by Gasteiger charge is 2.26. The Balaban J connectivity index is 1.24. The predicted octanol–water partition coefficient (Wildman–Crippen LogP) is 5.47. The van der Waals surface area contributed by atoms with Crippen molar-refractivity contribution in [1.29, 1.82) is 0 Å². The lowest BCUT2D eigenvalue weighted by molar-refractivity contribution is 0.0657. The first kappa shape index (κ1) is 30.9. The molecule has 2 fully saturated rings. The first-order chi connectivity index (χ1) is 20.7. The molecule has 0 unspecified atom stereocenters. The number of likely N-dealkylation sites (N-methyl/N-ethyl adjacent to an activating group) is 1. The maximum atomic E-state index is 15.0. The maximum absolute atomic E-state index is 15.0. The van der Waals surface area contributed by atoms with Gasteiger partial charge in [0.1, 0.15) is 17.3 Å². The number of aryl methyl sites for hydroxylation is 1. The normalized spacial score (nSPS) is 18.5. The van der Waals surface area contributed by atoms with Crippen molar-refractivity contribution in [2.24, 2.45) is 0 Å². The number of hydrogen-bond donors (Lipinski definition) is 1. The fraction of sp³-hybridized carbons (Fsp3) is 0.500. The molecular weight excluding hydrogens is 548 g/mol. The van der Waals surface area contributed by atoms with E-state index in [0.29, 0.717) is 11.9 Å². The molecule has 2 saturated heterocycles. The molecule has 230 valence electrons. The predicted molar refractivity (Wildman–Crippen MR) is 167 cm³/mol. The van der Waals surface area contributed by atoms with Gasteiger partial charge in [-0.1, -0.05) is 6.07 Å². The van der Waals surface area contributed by atoms with Crippen LogP contribution in [0.1, 0.15) is 62.4 Å². The van der Waals surface area contributed by atoms with Gasteiger partial charge >= 0.3 is 0 Å². The fourth-order valence-electron chi connectivity index (χ4n) is 6.03. The van der Waals surface area contributed by atoms with Gasteiger partial charge in [-0.15, -0.1) is 0 Å². The van der Waals surface area contributed by atoms with Crippen LogP contribution in [-0.4, -0.2) is 91.6 Å². The molecule has 0 saturated carbocycles. The van der Waals surface area contributed by atoms with Gasteiger partial charge in [0.15, 0.2) is 5.82 Å². The third-order valence-electron chi connectivity index (χ3n) is 8.28. The summed E-state index contributed by atoms with van der Waals surface area (Å²) in [7, 11) is 2.20. The molecule has 0 spiro atoms.